The van der Waals surface area contributed by atoms with Crippen molar-refractivity contribution >= 4 is 11.5 Å². The quantitative estimate of drug-likeness (QED) is 0.499. The second kappa shape index (κ2) is 9.61. The first-order valence-corrected chi connectivity index (χ1v) is 13.0. The van der Waals surface area contributed by atoms with Crippen molar-refractivity contribution in [3.05, 3.63) is 53.9 Å². The summed E-state index contributed by atoms with van der Waals surface area (Å²) in [5.41, 5.74) is 8.95. The average Bonchev–Trinajstić information content (AvgIpc) is 3.13. The number of aromatic hydroxyl groups is 1. The fourth-order valence-corrected chi connectivity index (χ4v) is 6.43. The highest BCUT2D eigenvalue weighted by Gasteiger charge is 2.43. The molecule has 6 rings (SSSR count). The molecule has 3 atom stereocenters. The number of hydrogen-bond acceptors (Lipinski definition) is 8. The van der Waals surface area contributed by atoms with Crippen molar-refractivity contribution in [2.24, 2.45) is 17.8 Å². The van der Waals surface area contributed by atoms with E-state index in [0.29, 0.717) is 40.7 Å². The van der Waals surface area contributed by atoms with Crippen molar-refractivity contribution in [2.75, 3.05) is 36.8 Å². The van der Waals surface area contributed by atoms with Crippen LogP contribution in [-0.2, 0) is 6.42 Å². The molecule has 1 unspecified atom stereocenters. The normalized spacial score (nSPS) is 24.2. The molecule has 3 aromatic rings. The van der Waals surface area contributed by atoms with Gasteiger partial charge in [-0.2, -0.15) is 0 Å². The Kier molecular flexibility index (Phi) is 6.17. The molecule has 3 fully saturated rings. The molecule has 1 aliphatic carbocycles. The van der Waals surface area contributed by atoms with Gasteiger partial charge in [0.25, 0.3) is 0 Å². The lowest BCUT2D eigenvalue weighted by atomic mass is 9.82. The first kappa shape index (κ1) is 23.1. The number of benzene rings is 1. The molecule has 36 heavy (non-hydrogen) atoms. The number of para-hydroxylation sites is 1. The van der Waals surface area contributed by atoms with E-state index in [0.717, 1.165) is 57.0 Å². The van der Waals surface area contributed by atoms with Crippen molar-refractivity contribution in [2.45, 2.75) is 38.0 Å². The molecule has 2 bridgehead atoms. The molecule has 1 aromatic carbocycles. The molecule has 2 aromatic heterocycles. The summed E-state index contributed by atoms with van der Waals surface area (Å²) in [6, 6.07) is 8.32. The topological polar surface area (TPSA) is 113 Å². The smallest absolute Gasteiger partial charge is 0.169 e. The number of phenolic OH excluding ortho intramolecular Hbond substituents is 1. The van der Waals surface area contributed by atoms with Gasteiger partial charge in [0.15, 0.2) is 17.4 Å². The minimum atomic E-state index is -0.682. The highest BCUT2D eigenvalue weighted by molar-refractivity contribution is 5.74. The van der Waals surface area contributed by atoms with Crippen LogP contribution in [0.5, 0.6) is 5.75 Å². The molecule has 0 amide bonds. The molecule has 0 spiro atoms. The number of nitrogen functional groups attached to an aromatic ring is 1. The molecular weight excluding hydrogens is 457 g/mol. The van der Waals surface area contributed by atoms with Gasteiger partial charge in [-0.15, -0.1) is 10.2 Å². The van der Waals surface area contributed by atoms with E-state index < -0.39 is 11.6 Å². The van der Waals surface area contributed by atoms with E-state index in [1.807, 2.05) is 12.3 Å². The van der Waals surface area contributed by atoms with Gasteiger partial charge in [-0.3, -0.25) is 0 Å². The summed E-state index contributed by atoms with van der Waals surface area (Å²) in [4.78, 5) is 11.9. The summed E-state index contributed by atoms with van der Waals surface area (Å²) in [5.74, 6) is 2.33. The van der Waals surface area contributed by atoms with Crippen LogP contribution in [0, 0.1) is 23.6 Å². The first-order valence-electron chi connectivity index (χ1n) is 13.0. The Balaban J connectivity index is 1.20. The zero-order chi connectivity index (χ0) is 24.6. The predicted molar refractivity (Wildman–Crippen MR) is 136 cm³/mol. The second-order valence-electron chi connectivity index (χ2n) is 10.4. The lowest BCUT2D eigenvalue weighted by Gasteiger charge is -2.39. The number of rotatable bonds is 5. The lowest BCUT2D eigenvalue weighted by Crippen LogP contribution is -2.43. The van der Waals surface area contributed by atoms with E-state index in [1.54, 1.807) is 12.1 Å². The summed E-state index contributed by atoms with van der Waals surface area (Å²) in [5, 5.41) is 21.9. The third-order valence-electron chi connectivity index (χ3n) is 8.34. The molecule has 8 nitrogen and oxygen atoms in total. The van der Waals surface area contributed by atoms with Crippen LogP contribution in [0.3, 0.4) is 0 Å². The maximum absolute atomic E-state index is 13.9. The van der Waals surface area contributed by atoms with Crippen molar-refractivity contribution in [1.82, 2.24) is 25.5 Å². The molecular formula is C27H32FN7O. The van der Waals surface area contributed by atoms with Gasteiger partial charge in [-0.25, -0.2) is 14.4 Å². The number of nitrogens with one attached hydrogen (secondary N) is 1. The summed E-state index contributed by atoms with van der Waals surface area (Å²) in [6.45, 7) is 3.86. The summed E-state index contributed by atoms with van der Waals surface area (Å²) in [6.07, 6.45) is 7.47. The number of nitrogens with zero attached hydrogens (tertiary/aromatic N) is 5. The maximum atomic E-state index is 13.9. The van der Waals surface area contributed by atoms with Crippen molar-refractivity contribution in [3.63, 3.8) is 0 Å². The number of hydrogen-bond donors (Lipinski definition) is 3. The highest BCUT2D eigenvalue weighted by Crippen LogP contribution is 2.45. The van der Waals surface area contributed by atoms with Crippen molar-refractivity contribution in [3.8, 4) is 17.0 Å². The number of anilines is 2. The van der Waals surface area contributed by atoms with Crippen LogP contribution in [0.2, 0.25) is 0 Å². The van der Waals surface area contributed by atoms with E-state index in [9.17, 15) is 9.50 Å². The fraction of sp³-hybridized carbons (Fsp3) is 0.481. The van der Waals surface area contributed by atoms with Crippen LogP contribution in [0.25, 0.3) is 11.3 Å². The summed E-state index contributed by atoms with van der Waals surface area (Å²) < 4.78 is 13.9. The number of phenols is 1. The molecule has 4 N–H and O–H groups in total. The molecule has 2 saturated heterocycles. The summed E-state index contributed by atoms with van der Waals surface area (Å²) in [7, 11) is 0. The van der Waals surface area contributed by atoms with E-state index in [-0.39, 0.29) is 0 Å². The molecule has 2 aliphatic heterocycles. The highest BCUT2D eigenvalue weighted by atomic mass is 19.1. The van der Waals surface area contributed by atoms with Crippen molar-refractivity contribution < 1.29 is 9.50 Å². The number of halogens is 1. The van der Waals surface area contributed by atoms with Gasteiger partial charge in [-0.05, 0) is 80.8 Å². The maximum Gasteiger partial charge on any atom is 0.169 e. The number of piperidine rings is 2. The second-order valence-corrected chi connectivity index (χ2v) is 10.4. The molecule has 9 heteroatoms. The molecule has 1 saturated carbocycles. The Bertz CT molecular complexity index is 1230. The Morgan fingerprint density at radius 3 is 2.61 bits per heavy atom. The fourth-order valence-electron chi connectivity index (χ4n) is 6.43. The molecule has 188 valence electrons. The molecule has 0 radical (unpaired) electrons. The van der Waals surface area contributed by atoms with Gasteiger partial charge >= 0.3 is 0 Å². The first-order chi connectivity index (χ1) is 17.6. The SMILES string of the molecule is Nc1nnc(-c2cccc(F)c2O)cc1N1C[C@H]2CC[C@@H](C1)C2Cc1nccc(C2CCNCC2)n1. The van der Waals surface area contributed by atoms with Gasteiger partial charge in [0.1, 0.15) is 5.82 Å². The van der Waals surface area contributed by atoms with Crippen LogP contribution in [0.4, 0.5) is 15.9 Å². The number of nitrogens with two attached hydrogens (primary N) is 1. The molecule has 4 heterocycles. The van der Waals surface area contributed by atoms with E-state index in [4.69, 9.17) is 10.7 Å². The lowest BCUT2D eigenvalue weighted by molar-refractivity contribution is 0.265. The Morgan fingerprint density at radius 2 is 1.83 bits per heavy atom. The molecule has 3 aliphatic rings. The van der Waals surface area contributed by atoms with E-state index in [2.05, 4.69) is 31.5 Å². The van der Waals surface area contributed by atoms with Crippen LogP contribution in [0.15, 0.2) is 36.5 Å². The van der Waals surface area contributed by atoms with E-state index in [1.165, 1.54) is 24.6 Å². The minimum Gasteiger partial charge on any atom is -0.504 e. The third-order valence-corrected chi connectivity index (χ3v) is 8.34. The summed E-state index contributed by atoms with van der Waals surface area (Å²) >= 11 is 0. The van der Waals surface area contributed by atoms with Gasteiger partial charge < -0.3 is 21.1 Å². The predicted octanol–water partition coefficient (Wildman–Crippen LogP) is 3.53. The monoisotopic (exact) mass is 489 g/mol. The van der Waals surface area contributed by atoms with Gasteiger partial charge in [-0.1, -0.05) is 6.07 Å². The average molecular weight is 490 g/mol. The van der Waals surface area contributed by atoms with Crippen LogP contribution < -0.4 is 16.0 Å². The van der Waals surface area contributed by atoms with Crippen LogP contribution >= 0.6 is 0 Å². The largest absolute Gasteiger partial charge is 0.504 e. The van der Waals surface area contributed by atoms with Gasteiger partial charge in [0.05, 0.1) is 11.4 Å². The van der Waals surface area contributed by atoms with E-state index >= 15 is 0 Å². The standard InChI is InChI=1S/C27H32FN7O/c28-21-3-1-2-19(26(21)36)23-13-24(27(29)34-33-23)35-14-17-4-5-18(15-35)20(17)12-25-31-11-8-22(32-25)16-6-9-30-10-7-16/h1-3,8,11,13,16-18,20,30,36H,4-7,9-10,12,14-15H2,(H2,29,34)/t17-,18+,20?. The van der Waals surface area contributed by atoms with Crippen LogP contribution in [-0.4, -0.2) is 51.5 Å². The van der Waals surface area contributed by atoms with Gasteiger partial charge in [0.2, 0.25) is 0 Å². The Hall–Kier alpha value is -3.33. The number of fused-ring (bicyclic) bond motifs is 2. The zero-order valence-corrected chi connectivity index (χ0v) is 20.3. The number of aromatic nitrogens is 4. The van der Waals surface area contributed by atoms with Crippen LogP contribution in [0.1, 0.15) is 43.1 Å². The minimum absolute atomic E-state index is 0.312. The third kappa shape index (κ3) is 4.36. The zero-order valence-electron chi connectivity index (χ0n) is 20.3. The van der Waals surface area contributed by atoms with Gasteiger partial charge in [0, 0.05) is 42.9 Å². The Morgan fingerprint density at radius 1 is 1.06 bits per heavy atom. The van der Waals surface area contributed by atoms with Crippen molar-refractivity contribution in [1.29, 1.82) is 0 Å². The Labute approximate surface area is 210 Å².